The summed E-state index contributed by atoms with van der Waals surface area (Å²) in [6, 6.07) is 5.28. The Morgan fingerprint density at radius 2 is 1.85 bits per heavy atom. The molecule has 0 radical (unpaired) electrons. The highest BCUT2D eigenvalue weighted by molar-refractivity contribution is 5.96. The van der Waals surface area contributed by atoms with Gasteiger partial charge in [-0.25, -0.2) is 4.79 Å². The Balaban J connectivity index is 1.40. The van der Waals surface area contributed by atoms with E-state index >= 15 is 0 Å². The zero-order chi connectivity index (χ0) is 18.3. The van der Waals surface area contributed by atoms with Crippen LogP contribution >= 0.6 is 0 Å². The average Bonchev–Trinajstić information content (AvgIpc) is 3.20. The first-order chi connectivity index (χ1) is 12.5. The van der Waals surface area contributed by atoms with E-state index < -0.39 is 0 Å². The molecule has 4 rings (SSSR count). The van der Waals surface area contributed by atoms with Crippen LogP contribution in [0.3, 0.4) is 0 Å². The number of anilines is 1. The fourth-order valence-corrected chi connectivity index (χ4v) is 3.67. The van der Waals surface area contributed by atoms with Gasteiger partial charge in [0.15, 0.2) is 11.5 Å². The normalized spacial score (nSPS) is 25.2. The number of benzene rings is 1. The Morgan fingerprint density at radius 3 is 2.62 bits per heavy atom. The standard InChI is InChI=1S/C18H23N3O5/c1-12-8-20(9-13(2)26-12)17(22)10-19-5-6-21(18(19)23)14-3-4-15-16(7-14)25-11-24-15/h3-4,7,12-13H,5-6,8-11H2,1-2H3. The van der Waals surface area contributed by atoms with Gasteiger partial charge in [0, 0.05) is 37.9 Å². The third-order valence-electron chi connectivity index (χ3n) is 4.86. The SMILES string of the molecule is CC1CN(C(=O)CN2CCN(c3ccc4c(c3)OCO4)C2=O)CC(C)O1. The Morgan fingerprint density at radius 1 is 1.12 bits per heavy atom. The minimum Gasteiger partial charge on any atom is -0.454 e. The topological polar surface area (TPSA) is 71.6 Å². The molecule has 8 nitrogen and oxygen atoms in total. The Bertz CT molecular complexity index is 715. The number of fused-ring (bicyclic) bond motifs is 1. The third kappa shape index (κ3) is 3.16. The Hall–Kier alpha value is -2.48. The zero-order valence-corrected chi connectivity index (χ0v) is 15.0. The van der Waals surface area contributed by atoms with Crippen molar-refractivity contribution in [2.24, 2.45) is 0 Å². The summed E-state index contributed by atoms with van der Waals surface area (Å²) in [4.78, 5) is 30.4. The molecule has 140 valence electrons. The van der Waals surface area contributed by atoms with Crippen LogP contribution in [0.25, 0.3) is 0 Å². The van der Waals surface area contributed by atoms with Gasteiger partial charge in [-0.15, -0.1) is 0 Å². The van der Waals surface area contributed by atoms with Gasteiger partial charge in [0.2, 0.25) is 12.7 Å². The fraction of sp³-hybridized carbons (Fsp3) is 0.556. The van der Waals surface area contributed by atoms with Gasteiger partial charge in [-0.2, -0.15) is 0 Å². The molecule has 0 bridgehead atoms. The summed E-state index contributed by atoms with van der Waals surface area (Å²) in [6.45, 7) is 6.41. The van der Waals surface area contributed by atoms with Crippen molar-refractivity contribution in [3.8, 4) is 11.5 Å². The largest absolute Gasteiger partial charge is 0.454 e. The van der Waals surface area contributed by atoms with E-state index in [9.17, 15) is 9.59 Å². The van der Waals surface area contributed by atoms with Gasteiger partial charge in [0.25, 0.3) is 0 Å². The lowest BCUT2D eigenvalue weighted by molar-refractivity contribution is -0.143. The molecule has 1 aromatic rings. The highest BCUT2D eigenvalue weighted by Crippen LogP contribution is 2.36. The quantitative estimate of drug-likeness (QED) is 0.811. The van der Waals surface area contributed by atoms with Crippen LogP contribution in [0, 0.1) is 0 Å². The van der Waals surface area contributed by atoms with Crippen LogP contribution in [0.4, 0.5) is 10.5 Å². The smallest absolute Gasteiger partial charge is 0.325 e. The predicted octanol–water partition coefficient (Wildman–Crippen LogP) is 1.29. The van der Waals surface area contributed by atoms with Crippen molar-refractivity contribution in [3.05, 3.63) is 18.2 Å². The van der Waals surface area contributed by atoms with Crippen molar-refractivity contribution < 1.29 is 23.8 Å². The summed E-state index contributed by atoms with van der Waals surface area (Å²) in [5.41, 5.74) is 0.753. The molecule has 2 saturated heterocycles. The van der Waals surface area contributed by atoms with Crippen LogP contribution in [-0.4, -0.2) is 73.5 Å². The lowest BCUT2D eigenvalue weighted by Crippen LogP contribution is -2.51. The van der Waals surface area contributed by atoms with Crippen molar-refractivity contribution in [2.45, 2.75) is 26.1 Å². The van der Waals surface area contributed by atoms with Gasteiger partial charge in [0.1, 0.15) is 6.54 Å². The number of amides is 3. The molecule has 0 aromatic heterocycles. The minimum atomic E-state index is -0.161. The van der Waals surface area contributed by atoms with Crippen molar-refractivity contribution in [1.29, 1.82) is 0 Å². The number of carbonyl (C=O) groups is 2. The first kappa shape index (κ1) is 17.0. The zero-order valence-electron chi connectivity index (χ0n) is 15.0. The fourth-order valence-electron chi connectivity index (χ4n) is 3.67. The van der Waals surface area contributed by atoms with Crippen molar-refractivity contribution in [1.82, 2.24) is 9.80 Å². The molecule has 3 aliphatic rings. The second kappa shape index (κ2) is 6.68. The maximum atomic E-state index is 12.7. The third-order valence-corrected chi connectivity index (χ3v) is 4.86. The summed E-state index contributed by atoms with van der Waals surface area (Å²) < 4.78 is 16.3. The Kier molecular flexibility index (Phi) is 4.36. The molecule has 1 aromatic carbocycles. The number of hydrogen-bond donors (Lipinski definition) is 0. The van der Waals surface area contributed by atoms with Crippen LogP contribution in [0.1, 0.15) is 13.8 Å². The van der Waals surface area contributed by atoms with Crippen LogP contribution in [0.15, 0.2) is 18.2 Å². The predicted molar refractivity (Wildman–Crippen MR) is 93.5 cm³/mol. The molecule has 0 aliphatic carbocycles. The van der Waals surface area contributed by atoms with E-state index in [2.05, 4.69) is 0 Å². The molecular weight excluding hydrogens is 338 g/mol. The maximum Gasteiger partial charge on any atom is 0.325 e. The Labute approximate surface area is 152 Å². The number of carbonyl (C=O) groups excluding carboxylic acids is 2. The molecule has 3 aliphatic heterocycles. The van der Waals surface area contributed by atoms with Crippen LogP contribution < -0.4 is 14.4 Å². The van der Waals surface area contributed by atoms with Crippen molar-refractivity contribution >= 4 is 17.6 Å². The summed E-state index contributed by atoms with van der Waals surface area (Å²) in [7, 11) is 0. The van der Waals surface area contributed by atoms with Gasteiger partial charge in [-0.3, -0.25) is 9.69 Å². The number of hydrogen-bond acceptors (Lipinski definition) is 5. The second-order valence-corrected chi connectivity index (χ2v) is 6.95. The highest BCUT2D eigenvalue weighted by atomic mass is 16.7. The molecule has 26 heavy (non-hydrogen) atoms. The molecule has 2 unspecified atom stereocenters. The number of rotatable bonds is 3. The molecule has 3 amide bonds. The molecular formula is C18H23N3O5. The van der Waals surface area contributed by atoms with E-state index in [0.717, 1.165) is 5.69 Å². The van der Waals surface area contributed by atoms with Crippen LogP contribution in [0.5, 0.6) is 11.5 Å². The minimum absolute atomic E-state index is 0.0158. The summed E-state index contributed by atoms with van der Waals surface area (Å²) >= 11 is 0. The van der Waals surface area contributed by atoms with Crippen molar-refractivity contribution in [3.63, 3.8) is 0 Å². The van der Waals surface area contributed by atoms with Crippen LogP contribution in [0.2, 0.25) is 0 Å². The molecule has 0 saturated carbocycles. The van der Waals surface area contributed by atoms with Gasteiger partial charge < -0.3 is 24.0 Å². The van der Waals surface area contributed by atoms with E-state index in [-0.39, 0.29) is 37.5 Å². The number of ether oxygens (including phenoxy) is 3. The molecule has 3 heterocycles. The molecule has 8 heteroatoms. The van der Waals surface area contributed by atoms with E-state index in [4.69, 9.17) is 14.2 Å². The summed E-state index contributed by atoms with van der Waals surface area (Å²) in [5.74, 6) is 1.29. The molecule has 2 fully saturated rings. The van der Waals surface area contributed by atoms with Gasteiger partial charge in [0.05, 0.1) is 12.2 Å². The molecule has 0 N–H and O–H groups in total. The van der Waals surface area contributed by atoms with Crippen molar-refractivity contribution in [2.75, 3.05) is 44.4 Å². The first-order valence-electron chi connectivity index (χ1n) is 8.90. The lowest BCUT2D eigenvalue weighted by Gasteiger charge is -2.36. The summed E-state index contributed by atoms with van der Waals surface area (Å²) in [6.07, 6.45) is 0.0317. The number of nitrogens with zero attached hydrogens (tertiary/aromatic N) is 3. The molecule has 0 spiro atoms. The van der Waals surface area contributed by atoms with E-state index in [0.29, 0.717) is 37.7 Å². The summed E-state index contributed by atoms with van der Waals surface area (Å²) in [5, 5.41) is 0. The van der Waals surface area contributed by atoms with Gasteiger partial charge in [-0.05, 0) is 26.0 Å². The number of morpholine rings is 1. The average molecular weight is 361 g/mol. The lowest BCUT2D eigenvalue weighted by atomic mass is 10.2. The van der Waals surface area contributed by atoms with Gasteiger partial charge in [-0.1, -0.05) is 0 Å². The van der Waals surface area contributed by atoms with E-state index in [1.54, 1.807) is 26.8 Å². The highest BCUT2D eigenvalue weighted by Gasteiger charge is 2.34. The maximum absolute atomic E-state index is 12.7. The monoisotopic (exact) mass is 361 g/mol. The van der Waals surface area contributed by atoms with Gasteiger partial charge >= 0.3 is 6.03 Å². The molecule has 2 atom stereocenters. The van der Waals surface area contributed by atoms with E-state index in [1.807, 2.05) is 19.9 Å². The second-order valence-electron chi connectivity index (χ2n) is 6.95. The number of urea groups is 1. The first-order valence-corrected chi connectivity index (χ1v) is 8.90. The van der Waals surface area contributed by atoms with E-state index in [1.165, 1.54) is 0 Å². The van der Waals surface area contributed by atoms with Crippen LogP contribution in [-0.2, 0) is 9.53 Å².